The smallest absolute Gasteiger partial charge is 0.123 e. The molecular formula is C12H16O. The maximum Gasteiger partial charge on any atom is 0.123 e. The summed E-state index contributed by atoms with van der Waals surface area (Å²) in [6.45, 7) is 6.09. The number of allylic oxidation sites excluding steroid dienone is 1. The topological polar surface area (TPSA) is 9.23 Å². The third kappa shape index (κ3) is 2.94. The lowest BCUT2D eigenvalue weighted by Crippen LogP contribution is -2.08. The molecule has 0 aliphatic heterocycles. The molecule has 0 amide bonds. The minimum absolute atomic E-state index is 0.145. The molecule has 0 aliphatic rings. The molecule has 0 fully saturated rings. The molecule has 0 heterocycles. The molecule has 0 saturated carbocycles. The molecule has 1 heteroatoms. The second-order valence-corrected chi connectivity index (χ2v) is 3.11. The van der Waals surface area contributed by atoms with Gasteiger partial charge in [-0.05, 0) is 38.5 Å². The third-order valence-electron chi connectivity index (χ3n) is 1.87. The number of hydrogen-bond donors (Lipinski definition) is 0. The maximum atomic E-state index is 5.70. The number of benzene rings is 1. The molecular weight excluding hydrogens is 160 g/mol. The van der Waals surface area contributed by atoms with Gasteiger partial charge in [0.1, 0.15) is 11.9 Å². The molecule has 1 rings (SSSR count). The van der Waals surface area contributed by atoms with Crippen LogP contribution in [0.4, 0.5) is 0 Å². The highest BCUT2D eigenvalue weighted by atomic mass is 16.5. The van der Waals surface area contributed by atoms with Gasteiger partial charge in [0, 0.05) is 0 Å². The van der Waals surface area contributed by atoms with Crippen LogP contribution in [-0.2, 0) is 0 Å². The van der Waals surface area contributed by atoms with Crippen LogP contribution in [0.25, 0.3) is 0 Å². The van der Waals surface area contributed by atoms with E-state index >= 15 is 0 Å². The van der Waals surface area contributed by atoms with Gasteiger partial charge < -0.3 is 4.74 Å². The Labute approximate surface area is 80.0 Å². The van der Waals surface area contributed by atoms with Crippen molar-refractivity contribution in [3.8, 4) is 5.75 Å². The number of hydrogen-bond acceptors (Lipinski definition) is 1. The molecule has 70 valence electrons. The van der Waals surface area contributed by atoms with Gasteiger partial charge in [-0.1, -0.05) is 24.3 Å². The average molecular weight is 176 g/mol. The van der Waals surface area contributed by atoms with Crippen LogP contribution in [0.1, 0.15) is 19.4 Å². The highest BCUT2D eigenvalue weighted by Gasteiger charge is 2.00. The van der Waals surface area contributed by atoms with Gasteiger partial charge >= 0.3 is 0 Å². The maximum absolute atomic E-state index is 5.70. The van der Waals surface area contributed by atoms with E-state index in [1.807, 2.05) is 44.2 Å². The summed E-state index contributed by atoms with van der Waals surface area (Å²) in [5, 5.41) is 0. The first-order chi connectivity index (χ1) is 6.24. The fourth-order valence-electron chi connectivity index (χ4n) is 1.20. The molecule has 1 aromatic rings. The van der Waals surface area contributed by atoms with Crippen molar-refractivity contribution in [1.29, 1.82) is 0 Å². The molecule has 0 aliphatic carbocycles. The molecule has 1 nitrogen and oxygen atoms in total. The molecule has 0 N–H and O–H groups in total. The quantitative estimate of drug-likeness (QED) is 0.642. The van der Waals surface area contributed by atoms with Crippen molar-refractivity contribution in [2.45, 2.75) is 26.9 Å². The number of ether oxygens (including phenoxy) is 1. The fourth-order valence-corrected chi connectivity index (χ4v) is 1.20. The molecule has 0 aromatic heterocycles. The van der Waals surface area contributed by atoms with E-state index in [0.717, 1.165) is 5.75 Å². The Bertz CT molecular complexity index is 289. The molecule has 0 spiro atoms. The third-order valence-corrected chi connectivity index (χ3v) is 1.87. The first-order valence-corrected chi connectivity index (χ1v) is 4.59. The first kappa shape index (κ1) is 9.85. The lowest BCUT2D eigenvalue weighted by molar-refractivity contribution is 0.268. The first-order valence-electron chi connectivity index (χ1n) is 4.59. The summed E-state index contributed by atoms with van der Waals surface area (Å²) in [5.41, 5.74) is 1.18. The molecule has 1 atom stereocenters. The molecule has 0 radical (unpaired) electrons. The second kappa shape index (κ2) is 4.70. The van der Waals surface area contributed by atoms with E-state index in [1.165, 1.54) is 5.56 Å². The van der Waals surface area contributed by atoms with E-state index in [-0.39, 0.29) is 6.10 Å². The van der Waals surface area contributed by atoms with Crippen molar-refractivity contribution in [2.75, 3.05) is 0 Å². The van der Waals surface area contributed by atoms with Crippen molar-refractivity contribution < 1.29 is 4.74 Å². The highest BCUT2D eigenvalue weighted by molar-refractivity contribution is 5.32. The van der Waals surface area contributed by atoms with Crippen molar-refractivity contribution in [3.63, 3.8) is 0 Å². The van der Waals surface area contributed by atoms with Gasteiger partial charge in [-0.15, -0.1) is 0 Å². The molecule has 13 heavy (non-hydrogen) atoms. The molecule has 0 bridgehead atoms. The standard InChI is InChI=1S/C12H16O/c1-4-7-11(3)13-12-9-6-5-8-10(12)2/h4-9,11H,1-3H3/b7-4+. The van der Waals surface area contributed by atoms with Crippen molar-refractivity contribution >= 4 is 0 Å². The van der Waals surface area contributed by atoms with Crippen molar-refractivity contribution in [3.05, 3.63) is 42.0 Å². The lowest BCUT2D eigenvalue weighted by atomic mass is 10.2. The van der Waals surface area contributed by atoms with Crippen molar-refractivity contribution in [1.82, 2.24) is 0 Å². The van der Waals surface area contributed by atoms with Gasteiger partial charge in [0.15, 0.2) is 0 Å². The Balaban J connectivity index is 2.68. The summed E-state index contributed by atoms with van der Waals surface area (Å²) in [5.74, 6) is 0.966. The number of rotatable bonds is 3. The summed E-state index contributed by atoms with van der Waals surface area (Å²) in [4.78, 5) is 0. The summed E-state index contributed by atoms with van der Waals surface area (Å²) < 4.78 is 5.70. The van der Waals surface area contributed by atoms with Gasteiger partial charge in [-0.25, -0.2) is 0 Å². The van der Waals surface area contributed by atoms with Gasteiger partial charge in [0.05, 0.1) is 0 Å². The van der Waals surface area contributed by atoms with E-state index < -0.39 is 0 Å². The Kier molecular flexibility index (Phi) is 3.56. The summed E-state index contributed by atoms with van der Waals surface area (Å²) >= 11 is 0. The SMILES string of the molecule is C/C=C/C(C)Oc1ccccc1C. The van der Waals surface area contributed by atoms with E-state index in [0.29, 0.717) is 0 Å². The van der Waals surface area contributed by atoms with Crippen LogP contribution in [0.2, 0.25) is 0 Å². The van der Waals surface area contributed by atoms with Gasteiger partial charge in [-0.3, -0.25) is 0 Å². The Morgan fingerprint density at radius 3 is 2.62 bits per heavy atom. The average Bonchev–Trinajstić information content (AvgIpc) is 2.09. The Hall–Kier alpha value is -1.24. The highest BCUT2D eigenvalue weighted by Crippen LogP contribution is 2.17. The molecule has 0 saturated heterocycles. The molecule has 1 unspecified atom stereocenters. The molecule has 1 aromatic carbocycles. The Morgan fingerprint density at radius 2 is 2.00 bits per heavy atom. The predicted octanol–water partition coefficient (Wildman–Crippen LogP) is 3.34. The fraction of sp³-hybridized carbons (Fsp3) is 0.333. The van der Waals surface area contributed by atoms with Crippen LogP contribution in [0.3, 0.4) is 0 Å². The Morgan fingerprint density at radius 1 is 1.31 bits per heavy atom. The van der Waals surface area contributed by atoms with Gasteiger partial charge in [-0.2, -0.15) is 0 Å². The largest absolute Gasteiger partial charge is 0.486 e. The minimum Gasteiger partial charge on any atom is -0.486 e. The van der Waals surface area contributed by atoms with Crippen LogP contribution >= 0.6 is 0 Å². The van der Waals surface area contributed by atoms with E-state index in [1.54, 1.807) is 0 Å². The van der Waals surface area contributed by atoms with Crippen LogP contribution in [0, 0.1) is 6.92 Å². The summed E-state index contributed by atoms with van der Waals surface area (Å²) in [7, 11) is 0. The monoisotopic (exact) mass is 176 g/mol. The zero-order chi connectivity index (χ0) is 9.68. The van der Waals surface area contributed by atoms with Gasteiger partial charge in [0.25, 0.3) is 0 Å². The summed E-state index contributed by atoms with van der Waals surface area (Å²) in [6.07, 6.45) is 4.18. The number of aryl methyl sites for hydroxylation is 1. The van der Waals surface area contributed by atoms with Crippen LogP contribution in [0.5, 0.6) is 5.75 Å². The zero-order valence-electron chi connectivity index (χ0n) is 8.45. The van der Waals surface area contributed by atoms with Crippen LogP contribution < -0.4 is 4.74 Å². The van der Waals surface area contributed by atoms with Crippen LogP contribution in [-0.4, -0.2) is 6.10 Å². The van der Waals surface area contributed by atoms with Gasteiger partial charge in [0.2, 0.25) is 0 Å². The van der Waals surface area contributed by atoms with Crippen LogP contribution in [0.15, 0.2) is 36.4 Å². The van der Waals surface area contributed by atoms with E-state index in [4.69, 9.17) is 4.74 Å². The number of para-hydroxylation sites is 1. The predicted molar refractivity (Wildman–Crippen MR) is 56.1 cm³/mol. The lowest BCUT2D eigenvalue weighted by Gasteiger charge is -2.12. The van der Waals surface area contributed by atoms with Crippen molar-refractivity contribution in [2.24, 2.45) is 0 Å². The minimum atomic E-state index is 0.145. The van der Waals surface area contributed by atoms with E-state index in [2.05, 4.69) is 13.0 Å². The zero-order valence-corrected chi connectivity index (χ0v) is 8.45. The summed E-state index contributed by atoms with van der Waals surface area (Å²) in [6, 6.07) is 8.06. The normalized spacial score (nSPS) is 13.2. The second-order valence-electron chi connectivity index (χ2n) is 3.11. The van der Waals surface area contributed by atoms with E-state index in [9.17, 15) is 0 Å².